The fourth-order valence-electron chi connectivity index (χ4n) is 3.00. The van der Waals surface area contributed by atoms with Crippen molar-refractivity contribution >= 4 is 31.2 Å². The van der Waals surface area contributed by atoms with Crippen LogP contribution in [0, 0.1) is 0 Å². The molecule has 2 unspecified atom stereocenters. The number of carbonyl (C=O) groups excluding carboxylic acids is 4. The molecule has 190 valence electrons. The molecular formula is C20H29F2N4O7P. The van der Waals surface area contributed by atoms with E-state index < -0.39 is 48.6 Å². The maximum Gasteiger partial charge on any atom is 0.399 e. The maximum atomic E-state index is 13.8. The Morgan fingerprint density at radius 2 is 1.59 bits per heavy atom. The van der Waals surface area contributed by atoms with E-state index in [1.807, 2.05) is 0 Å². The molecule has 0 aliphatic rings. The molecule has 2 atom stereocenters. The van der Waals surface area contributed by atoms with Gasteiger partial charge in [-0.2, -0.15) is 8.78 Å². The lowest BCUT2D eigenvalue weighted by atomic mass is 10.0. The quantitative estimate of drug-likeness (QED) is 0.163. The molecule has 1 aromatic carbocycles. The van der Waals surface area contributed by atoms with Gasteiger partial charge in [0.15, 0.2) is 0 Å². The number of amides is 4. The molecule has 0 aromatic heterocycles. The molecule has 1 aromatic rings. The summed E-state index contributed by atoms with van der Waals surface area (Å²) in [5.41, 5.74) is 0.374. The van der Waals surface area contributed by atoms with Crippen LogP contribution < -0.4 is 21.7 Å². The number of halogens is 2. The zero-order chi connectivity index (χ0) is 26.1. The fraction of sp³-hybridized carbons (Fsp3) is 0.500. The first-order valence-electron chi connectivity index (χ1n) is 10.3. The number of hydrogen-bond donors (Lipinski definition) is 6. The van der Waals surface area contributed by atoms with E-state index in [4.69, 9.17) is 15.5 Å². The summed E-state index contributed by atoms with van der Waals surface area (Å²) in [6, 6.07) is 1.72. The van der Waals surface area contributed by atoms with Crippen molar-refractivity contribution in [2.45, 2.75) is 57.3 Å². The summed E-state index contributed by atoms with van der Waals surface area (Å²) < 4.78 is 38.6. The van der Waals surface area contributed by atoms with E-state index in [0.29, 0.717) is 24.9 Å². The molecule has 0 bridgehead atoms. The van der Waals surface area contributed by atoms with E-state index >= 15 is 0 Å². The van der Waals surface area contributed by atoms with Gasteiger partial charge in [0.2, 0.25) is 23.6 Å². The van der Waals surface area contributed by atoms with Crippen molar-refractivity contribution in [3.05, 3.63) is 35.4 Å². The van der Waals surface area contributed by atoms with E-state index in [9.17, 15) is 32.5 Å². The molecule has 7 N–H and O–H groups in total. The van der Waals surface area contributed by atoms with E-state index in [0.717, 1.165) is 31.2 Å². The Morgan fingerprint density at radius 1 is 1.00 bits per heavy atom. The SMILES string of the molecule is CC(=O)NCCCCC(NC(=O)C(Cc1ccc(C(F)(F)P(=O)(O)O)cc1)NC(C)=O)C(N)=O. The summed E-state index contributed by atoms with van der Waals surface area (Å²) in [5, 5.41) is 7.46. The summed E-state index contributed by atoms with van der Waals surface area (Å²) in [5.74, 6) is -2.28. The molecule has 14 heteroatoms. The number of nitrogens with one attached hydrogen (secondary N) is 3. The van der Waals surface area contributed by atoms with E-state index in [1.165, 1.54) is 6.92 Å². The van der Waals surface area contributed by atoms with Crippen LogP contribution in [0.4, 0.5) is 8.78 Å². The van der Waals surface area contributed by atoms with Crippen molar-refractivity contribution in [2.75, 3.05) is 6.54 Å². The number of hydrogen-bond acceptors (Lipinski definition) is 5. The third-order valence-electron chi connectivity index (χ3n) is 4.75. The van der Waals surface area contributed by atoms with Crippen molar-refractivity contribution in [1.29, 1.82) is 0 Å². The van der Waals surface area contributed by atoms with Crippen LogP contribution in [0.1, 0.15) is 44.2 Å². The van der Waals surface area contributed by atoms with Crippen molar-refractivity contribution in [3.63, 3.8) is 0 Å². The van der Waals surface area contributed by atoms with Crippen LogP contribution in [-0.2, 0) is 35.8 Å². The average molecular weight is 506 g/mol. The highest BCUT2D eigenvalue weighted by molar-refractivity contribution is 7.52. The first kappa shape index (κ1) is 29.1. The van der Waals surface area contributed by atoms with Gasteiger partial charge in [-0.3, -0.25) is 23.7 Å². The van der Waals surface area contributed by atoms with Crippen LogP contribution in [0.15, 0.2) is 24.3 Å². The van der Waals surface area contributed by atoms with Gasteiger partial charge in [0.25, 0.3) is 0 Å². The molecule has 0 radical (unpaired) electrons. The number of nitrogens with two attached hydrogens (primary N) is 1. The summed E-state index contributed by atoms with van der Waals surface area (Å²) >= 11 is 0. The Bertz CT molecular complexity index is 937. The van der Waals surface area contributed by atoms with Crippen molar-refractivity contribution in [3.8, 4) is 0 Å². The van der Waals surface area contributed by atoms with Crippen LogP contribution >= 0.6 is 7.60 Å². The standard InChI is InChI=1S/C20H29F2N4O7P/c1-12(27)24-10-4-3-5-16(18(23)29)26-19(30)17(25-13(2)28)11-14-6-8-15(9-7-14)20(21,22)34(31,32)33/h6-9,16-17H,3-5,10-11H2,1-2H3,(H2,23,29)(H,24,27)(H,25,28)(H,26,30)(H2,31,32,33). The Kier molecular flexibility index (Phi) is 10.7. The number of primary amides is 1. The van der Waals surface area contributed by atoms with Crippen LogP contribution in [0.5, 0.6) is 0 Å². The number of benzene rings is 1. The number of unbranched alkanes of at least 4 members (excludes halogenated alkanes) is 1. The molecule has 0 spiro atoms. The van der Waals surface area contributed by atoms with E-state index in [-0.39, 0.29) is 18.7 Å². The number of carbonyl (C=O) groups is 4. The lowest BCUT2D eigenvalue weighted by Crippen LogP contribution is -2.53. The first-order chi connectivity index (χ1) is 15.6. The van der Waals surface area contributed by atoms with E-state index in [2.05, 4.69) is 16.0 Å². The molecule has 0 fully saturated rings. The minimum atomic E-state index is -5.73. The zero-order valence-corrected chi connectivity index (χ0v) is 19.6. The third kappa shape index (κ3) is 9.16. The summed E-state index contributed by atoms with van der Waals surface area (Å²) in [6.45, 7) is 2.92. The third-order valence-corrected chi connectivity index (χ3v) is 5.74. The average Bonchev–Trinajstić information content (AvgIpc) is 2.71. The van der Waals surface area contributed by atoms with Gasteiger partial charge >= 0.3 is 13.3 Å². The van der Waals surface area contributed by atoms with Crippen molar-refractivity contribution in [2.24, 2.45) is 5.73 Å². The lowest BCUT2D eigenvalue weighted by Gasteiger charge is -2.22. The van der Waals surface area contributed by atoms with Crippen LogP contribution in [0.3, 0.4) is 0 Å². The van der Waals surface area contributed by atoms with Gasteiger partial charge in [-0.25, -0.2) is 0 Å². The second-order valence-corrected chi connectivity index (χ2v) is 9.33. The van der Waals surface area contributed by atoms with Gasteiger partial charge in [-0.15, -0.1) is 0 Å². The van der Waals surface area contributed by atoms with Crippen molar-refractivity contribution < 1.29 is 42.3 Å². The second kappa shape index (κ2) is 12.5. The topological polar surface area (TPSA) is 188 Å². The molecule has 0 heterocycles. The zero-order valence-electron chi connectivity index (χ0n) is 18.7. The monoisotopic (exact) mass is 506 g/mol. The van der Waals surface area contributed by atoms with Gasteiger partial charge in [-0.1, -0.05) is 24.3 Å². The highest BCUT2D eigenvalue weighted by atomic mass is 31.2. The van der Waals surface area contributed by atoms with Crippen LogP contribution in [-0.4, -0.2) is 52.0 Å². The Balaban J connectivity index is 2.88. The normalized spacial score (nSPS) is 13.5. The van der Waals surface area contributed by atoms with Gasteiger partial charge in [-0.05, 0) is 24.8 Å². The Morgan fingerprint density at radius 3 is 2.06 bits per heavy atom. The number of alkyl halides is 2. The Hall–Kier alpha value is -2.89. The molecule has 4 amide bonds. The van der Waals surface area contributed by atoms with Gasteiger partial charge in [0, 0.05) is 32.4 Å². The molecule has 0 saturated heterocycles. The minimum absolute atomic E-state index is 0.152. The molecule has 0 aliphatic heterocycles. The molecular weight excluding hydrogens is 477 g/mol. The predicted octanol–water partition coefficient (Wildman–Crippen LogP) is 0.237. The molecule has 0 aliphatic carbocycles. The fourth-order valence-corrected chi connectivity index (χ4v) is 3.48. The summed E-state index contributed by atoms with van der Waals surface area (Å²) in [6.07, 6.45) is 1.05. The summed E-state index contributed by atoms with van der Waals surface area (Å²) in [7, 11) is -5.73. The lowest BCUT2D eigenvalue weighted by molar-refractivity contribution is -0.131. The van der Waals surface area contributed by atoms with Gasteiger partial charge in [0.1, 0.15) is 12.1 Å². The molecule has 0 saturated carbocycles. The van der Waals surface area contributed by atoms with Crippen LogP contribution in [0.25, 0.3) is 0 Å². The predicted molar refractivity (Wildman–Crippen MR) is 117 cm³/mol. The highest BCUT2D eigenvalue weighted by Crippen LogP contribution is 2.59. The maximum absolute atomic E-state index is 13.8. The van der Waals surface area contributed by atoms with Crippen molar-refractivity contribution in [1.82, 2.24) is 16.0 Å². The summed E-state index contributed by atoms with van der Waals surface area (Å²) in [4.78, 5) is 64.6. The van der Waals surface area contributed by atoms with E-state index in [1.54, 1.807) is 0 Å². The number of rotatable bonds is 13. The first-order valence-corrected chi connectivity index (χ1v) is 11.9. The smallest absolute Gasteiger partial charge is 0.368 e. The Labute approximate surface area is 195 Å². The molecule has 1 rings (SSSR count). The van der Waals surface area contributed by atoms with Gasteiger partial charge < -0.3 is 31.5 Å². The van der Waals surface area contributed by atoms with Crippen LogP contribution in [0.2, 0.25) is 0 Å². The molecule has 34 heavy (non-hydrogen) atoms. The second-order valence-electron chi connectivity index (χ2n) is 7.68. The minimum Gasteiger partial charge on any atom is -0.368 e. The largest absolute Gasteiger partial charge is 0.399 e. The highest BCUT2D eigenvalue weighted by Gasteiger charge is 2.50. The molecule has 11 nitrogen and oxygen atoms in total. The van der Waals surface area contributed by atoms with Gasteiger partial charge in [0.05, 0.1) is 0 Å².